The molecule has 0 heterocycles. The van der Waals surface area contributed by atoms with Gasteiger partial charge in [-0.25, -0.2) is 0 Å². The summed E-state index contributed by atoms with van der Waals surface area (Å²) >= 11 is 3.37. The topological polar surface area (TPSA) is 50.1 Å². The number of methoxy groups -OCH3 is 1. The van der Waals surface area contributed by atoms with Crippen LogP contribution in [-0.4, -0.2) is 12.9 Å². The Labute approximate surface area is 132 Å². The molecule has 0 bridgehead atoms. The number of rotatable bonds is 4. The van der Waals surface area contributed by atoms with Gasteiger partial charge in [0.25, 0.3) is 0 Å². The number of ether oxygens (including phenoxy) is 1. The second-order valence-corrected chi connectivity index (χ2v) is 5.57. The lowest BCUT2D eigenvalue weighted by atomic mass is 9.90. The fourth-order valence-electron chi connectivity index (χ4n) is 2.14. The van der Waals surface area contributed by atoms with Crippen molar-refractivity contribution < 1.29 is 9.53 Å². The van der Waals surface area contributed by atoms with Gasteiger partial charge < -0.3 is 4.74 Å². The molecule has 2 rings (SSSR count). The summed E-state index contributed by atoms with van der Waals surface area (Å²) in [6.45, 7) is 1.86. The van der Waals surface area contributed by atoms with Crippen molar-refractivity contribution in [2.24, 2.45) is 0 Å². The highest BCUT2D eigenvalue weighted by atomic mass is 79.9. The monoisotopic (exact) mass is 343 g/mol. The van der Waals surface area contributed by atoms with Gasteiger partial charge in [-0.1, -0.05) is 28.1 Å². The second kappa shape index (κ2) is 6.55. The number of benzene rings is 2. The first-order chi connectivity index (χ1) is 10.1. The van der Waals surface area contributed by atoms with Gasteiger partial charge in [0.05, 0.1) is 13.2 Å². The van der Waals surface area contributed by atoms with E-state index in [2.05, 4.69) is 22.0 Å². The van der Waals surface area contributed by atoms with Crippen molar-refractivity contribution in [3.8, 4) is 11.8 Å². The maximum Gasteiger partial charge on any atom is 0.184 e. The van der Waals surface area contributed by atoms with Crippen molar-refractivity contribution in [1.82, 2.24) is 0 Å². The number of ketones is 1. The van der Waals surface area contributed by atoms with E-state index in [-0.39, 0.29) is 5.78 Å². The second-order valence-electron chi connectivity index (χ2n) is 4.66. The van der Waals surface area contributed by atoms with Crippen LogP contribution in [0.5, 0.6) is 5.75 Å². The van der Waals surface area contributed by atoms with E-state index in [9.17, 15) is 10.1 Å². The van der Waals surface area contributed by atoms with Crippen molar-refractivity contribution >= 4 is 21.7 Å². The Morgan fingerprint density at radius 3 is 2.43 bits per heavy atom. The zero-order valence-electron chi connectivity index (χ0n) is 11.8. The molecule has 1 unspecified atom stereocenters. The van der Waals surface area contributed by atoms with E-state index in [1.54, 1.807) is 37.4 Å². The molecule has 0 spiro atoms. The fraction of sp³-hybridized carbons (Fsp3) is 0.176. The molecule has 0 saturated heterocycles. The van der Waals surface area contributed by atoms with Gasteiger partial charge in [-0.3, -0.25) is 4.79 Å². The lowest BCUT2D eigenvalue weighted by Crippen LogP contribution is -2.12. The molecule has 106 valence electrons. The van der Waals surface area contributed by atoms with Gasteiger partial charge in [0.15, 0.2) is 5.78 Å². The summed E-state index contributed by atoms with van der Waals surface area (Å²) in [7, 11) is 1.58. The third kappa shape index (κ3) is 3.32. The van der Waals surface area contributed by atoms with Crippen molar-refractivity contribution in [1.29, 1.82) is 5.26 Å². The molecule has 0 radical (unpaired) electrons. The lowest BCUT2D eigenvalue weighted by molar-refractivity contribution is 0.0978. The number of carbonyl (C=O) groups is 1. The average Bonchev–Trinajstić information content (AvgIpc) is 2.48. The molecular weight excluding hydrogens is 330 g/mol. The highest BCUT2D eigenvalue weighted by Gasteiger charge is 2.23. The molecule has 0 aliphatic carbocycles. The Hall–Kier alpha value is -2.12. The fourth-order valence-corrected chi connectivity index (χ4v) is 2.62. The normalized spacial score (nSPS) is 11.5. The number of carbonyl (C=O) groups excluding carboxylic acids is 1. The Morgan fingerprint density at radius 1 is 1.24 bits per heavy atom. The smallest absolute Gasteiger partial charge is 0.184 e. The van der Waals surface area contributed by atoms with Gasteiger partial charge in [0.1, 0.15) is 11.7 Å². The first kappa shape index (κ1) is 15.3. The summed E-state index contributed by atoms with van der Waals surface area (Å²) in [5, 5.41) is 9.37. The number of aryl methyl sites for hydroxylation is 1. The zero-order valence-corrected chi connectivity index (χ0v) is 13.3. The molecule has 0 N–H and O–H groups in total. The molecule has 0 fully saturated rings. The van der Waals surface area contributed by atoms with E-state index in [4.69, 9.17) is 4.74 Å². The predicted octanol–water partition coefficient (Wildman–Crippen LogP) is 4.26. The van der Waals surface area contributed by atoms with Crippen LogP contribution in [0.1, 0.15) is 27.4 Å². The Bertz CT molecular complexity index is 702. The summed E-state index contributed by atoms with van der Waals surface area (Å²) in [6.07, 6.45) is 0. The SMILES string of the molecule is COc1ccc(C(C#N)C(=O)c2ccc(Br)cc2C)cc1. The standard InChI is InChI=1S/C17H14BrNO2/c1-11-9-13(18)5-8-15(11)17(20)16(10-19)12-3-6-14(21-2)7-4-12/h3-9,16H,1-2H3. The first-order valence-electron chi connectivity index (χ1n) is 6.40. The molecule has 3 nitrogen and oxygen atoms in total. The number of Topliss-reactive ketones (excluding diaryl/α,β-unsaturated/α-hetero) is 1. The number of nitriles is 1. The molecule has 0 amide bonds. The molecular formula is C17H14BrNO2. The van der Waals surface area contributed by atoms with Gasteiger partial charge in [0, 0.05) is 10.0 Å². The Kier molecular flexibility index (Phi) is 4.77. The summed E-state index contributed by atoms with van der Waals surface area (Å²) < 4.78 is 6.00. The third-order valence-electron chi connectivity index (χ3n) is 3.29. The van der Waals surface area contributed by atoms with Crippen LogP contribution < -0.4 is 4.74 Å². The van der Waals surface area contributed by atoms with E-state index in [1.165, 1.54) is 0 Å². The Morgan fingerprint density at radius 2 is 1.90 bits per heavy atom. The summed E-state index contributed by atoms with van der Waals surface area (Å²) in [6, 6.07) is 14.5. The maximum absolute atomic E-state index is 12.6. The van der Waals surface area contributed by atoms with Crippen LogP contribution in [0.3, 0.4) is 0 Å². The molecule has 2 aromatic carbocycles. The summed E-state index contributed by atoms with van der Waals surface area (Å²) in [5.74, 6) is -0.300. The first-order valence-corrected chi connectivity index (χ1v) is 7.20. The van der Waals surface area contributed by atoms with E-state index in [1.807, 2.05) is 19.1 Å². The minimum Gasteiger partial charge on any atom is -0.497 e. The van der Waals surface area contributed by atoms with Crippen LogP contribution in [-0.2, 0) is 0 Å². The highest BCUT2D eigenvalue weighted by molar-refractivity contribution is 9.10. The number of hydrogen-bond acceptors (Lipinski definition) is 3. The zero-order chi connectivity index (χ0) is 15.4. The molecule has 0 aromatic heterocycles. The molecule has 1 atom stereocenters. The number of nitrogens with zero attached hydrogens (tertiary/aromatic N) is 1. The summed E-state index contributed by atoms with van der Waals surface area (Å²) in [5.41, 5.74) is 2.09. The Balaban J connectivity index is 2.36. The molecule has 0 aliphatic heterocycles. The van der Waals surface area contributed by atoms with Crippen molar-refractivity contribution in [2.75, 3.05) is 7.11 Å². The lowest BCUT2D eigenvalue weighted by Gasteiger charge is -2.11. The average molecular weight is 344 g/mol. The van der Waals surface area contributed by atoms with E-state index < -0.39 is 5.92 Å². The molecule has 2 aromatic rings. The van der Waals surface area contributed by atoms with Crippen molar-refractivity contribution in [2.45, 2.75) is 12.8 Å². The predicted molar refractivity (Wildman–Crippen MR) is 84.6 cm³/mol. The van der Waals surface area contributed by atoms with Gasteiger partial charge in [-0.15, -0.1) is 0 Å². The van der Waals surface area contributed by atoms with Crippen LogP contribution in [0.2, 0.25) is 0 Å². The van der Waals surface area contributed by atoms with Gasteiger partial charge in [0.2, 0.25) is 0 Å². The van der Waals surface area contributed by atoms with Gasteiger partial charge >= 0.3 is 0 Å². The quantitative estimate of drug-likeness (QED) is 0.779. The van der Waals surface area contributed by atoms with Crippen molar-refractivity contribution in [3.05, 3.63) is 63.6 Å². The van der Waals surface area contributed by atoms with E-state index in [0.29, 0.717) is 16.9 Å². The molecule has 21 heavy (non-hydrogen) atoms. The molecule has 4 heteroatoms. The van der Waals surface area contributed by atoms with Crippen LogP contribution in [0, 0.1) is 18.3 Å². The minimum atomic E-state index is -0.809. The maximum atomic E-state index is 12.6. The third-order valence-corrected chi connectivity index (χ3v) is 3.79. The number of hydrogen-bond donors (Lipinski definition) is 0. The van der Waals surface area contributed by atoms with Crippen LogP contribution >= 0.6 is 15.9 Å². The van der Waals surface area contributed by atoms with E-state index in [0.717, 1.165) is 10.0 Å². The molecule has 0 aliphatic rings. The van der Waals surface area contributed by atoms with E-state index >= 15 is 0 Å². The molecule has 0 saturated carbocycles. The van der Waals surface area contributed by atoms with Crippen LogP contribution in [0.4, 0.5) is 0 Å². The van der Waals surface area contributed by atoms with Crippen molar-refractivity contribution in [3.63, 3.8) is 0 Å². The van der Waals surface area contributed by atoms with Crippen LogP contribution in [0.15, 0.2) is 46.9 Å². The van der Waals surface area contributed by atoms with Gasteiger partial charge in [-0.05, 0) is 48.4 Å². The van der Waals surface area contributed by atoms with Gasteiger partial charge in [-0.2, -0.15) is 5.26 Å². The van der Waals surface area contributed by atoms with Crippen LogP contribution in [0.25, 0.3) is 0 Å². The number of halogens is 1. The minimum absolute atomic E-state index is 0.187. The summed E-state index contributed by atoms with van der Waals surface area (Å²) in [4.78, 5) is 12.6. The largest absolute Gasteiger partial charge is 0.497 e. The highest BCUT2D eigenvalue weighted by Crippen LogP contribution is 2.25.